The summed E-state index contributed by atoms with van der Waals surface area (Å²) in [5.41, 5.74) is 2.64. The molecule has 1 aromatic heterocycles. The van der Waals surface area contributed by atoms with Crippen molar-refractivity contribution in [3.05, 3.63) is 23.0 Å². The van der Waals surface area contributed by atoms with Crippen molar-refractivity contribution in [2.75, 3.05) is 26.9 Å². The molecule has 3 atom stereocenters. The summed E-state index contributed by atoms with van der Waals surface area (Å²) in [6, 6.07) is 4.49. The van der Waals surface area contributed by atoms with E-state index in [9.17, 15) is 0 Å². The van der Waals surface area contributed by atoms with Gasteiger partial charge in [-0.3, -0.25) is 4.90 Å². The van der Waals surface area contributed by atoms with E-state index in [1.165, 1.54) is 0 Å². The lowest BCUT2D eigenvalue weighted by Gasteiger charge is -2.43. The van der Waals surface area contributed by atoms with Crippen LogP contribution in [0.5, 0.6) is 0 Å². The number of aromatic nitrogens is 1. The number of aliphatic hydroxyl groups excluding tert-OH is 1. The Kier molecular flexibility index (Phi) is 5.26. The lowest BCUT2D eigenvalue weighted by atomic mass is 9.79. The Morgan fingerprint density at radius 1 is 1.50 bits per heavy atom. The van der Waals surface area contributed by atoms with Crippen molar-refractivity contribution in [3.63, 3.8) is 0 Å². The minimum absolute atomic E-state index is 0.0684. The van der Waals surface area contributed by atoms with Gasteiger partial charge in [-0.2, -0.15) is 5.26 Å². The molecule has 24 heavy (non-hydrogen) atoms. The van der Waals surface area contributed by atoms with Gasteiger partial charge < -0.3 is 19.6 Å². The van der Waals surface area contributed by atoms with Crippen LogP contribution in [0, 0.1) is 18.3 Å². The summed E-state index contributed by atoms with van der Waals surface area (Å²) in [6.45, 7) is 4.19. The Bertz CT molecular complexity index is 609. The topological polar surface area (TPSA) is 81.5 Å². The predicted molar refractivity (Wildman–Crippen MR) is 89.5 cm³/mol. The van der Waals surface area contributed by atoms with Gasteiger partial charge in [0.2, 0.25) is 0 Å². The number of ether oxygens (including phenoxy) is 2. The summed E-state index contributed by atoms with van der Waals surface area (Å²) in [5, 5.41) is 18.1. The number of fused-ring (bicyclic) bond motifs is 1. The number of aryl methyl sites for hydroxylation is 1. The second kappa shape index (κ2) is 7.24. The van der Waals surface area contributed by atoms with Crippen LogP contribution in [0.3, 0.4) is 0 Å². The highest BCUT2D eigenvalue weighted by Crippen LogP contribution is 2.43. The van der Waals surface area contributed by atoms with Crippen molar-refractivity contribution in [3.8, 4) is 6.07 Å². The largest absolute Gasteiger partial charge is 0.394 e. The van der Waals surface area contributed by atoms with Gasteiger partial charge in [-0.05, 0) is 38.7 Å². The number of hydrogen-bond donors (Lipinski definition) is 2. The Labute approximate surface area is 143 Å². The highest BCUT2D eigenvalue weighted by Gasteiger charge is 2.51. The number of aliphatic hydroxyl groups is 1. The molecule has 2 N–H and O–H groups in total. The van der Waals surface area contributed by atoms with Crippen LogP contribution in [-0.4, -0.2) is 59.6 Å². The maximum Gasteiger partial charge on any atom is 0.101 e. The van der Waals surface area contributed by atoms with E-state index < -0.39 is 0 Å². The molecule has 1 aromatic rings. The molecule has 0 spiro atoms. The summed E-state index contributed by atoms with van der Waals surface area (Å²) >= 11 is 0. The predicted octanol–water partition coefficient (Wildman–Crippen LogP) is 1.72. The normalized spacial score (nSPS) is 30.2. The minimum Gasteiger partial charge on any atom is -0.394 e. The van der Waals surface area contributed by atoms with E-state index in [0.717, 1.165) is 55.7 Å². The van der Waals surface area contributed by atoms with Crippen LogP contribution in [0.2, 0.25) is 0 Å². The van der Waals surface area contributed by atoms with Gasteiger partial charge in [0, 0.05) is 37.6 Å². The smallest absolute Gasteiger partial charge is 0.101 e. The number of nitriles is 1. The van der Waals surface area contributed by atoms with Gasteiger partial charge in [-0.25, -0.2) is 0 Å². The Hall–Kier alpha value is -1.39. The monoisotopic (exact) mass is 333 g/mol. The third-order valence-corrected chi connectivity index (χ3v) is 5.66. The van der Waals surface area contributed by atoms with Crippen molar-refractivity contribution in [2.24, 2.45) is 0 Å². The molecule has 2 fully saturated rings. The van der Waals surface area contributed by atoms with Gasteiger partial charge in [-0.15, -0.1) is 0 Å². The van der Waals surface area contributed by atoms with Crippen LogP contribution in [0.15, 0.2) is 6.07 Å². The first kappa shape index (κ1) is 17.4. The zero-order valence-electron chi connectivity index (χ0n) is 14.5. The molecule has 3 rings (SSSR count). The highest BCUT2D eigenvalue weighted by molar-refractivity contribution is 5.36. The Morgan fingerprint density at radius 3 is 3.00 bits per heavy atom. The van der Waals surface area contributed by atoms with Crippen molar-refractivity contribution in [1.82, 2.24) is 9.88 Å². The molecule has 2 aliphatic rings. The molecule has 0 aromatic carbocycles. The quantitative estimate of drug-likeness (QED) is 0.828. The van der Waals surface area contributed by atoms with Crippen molar-refractivity contribution in [1.29, 1.82) is 5.26 Å². The second-order valence-electron chi connectivity index (χ2n) is 6.94. The average Bonchev–Trinajstić information content (AvgIpc) is 3.14. The average molecular weight is 333 g/mol. The summed E-state index contributed by atoms with van der Waals surface area (Å²) in [4.78, 5) is 5.77. The Morgan fingerprint density at radius 2 is 2.33 bits per heavy atom. The molecule has 0 unspecified atom stereocenters. The molecular weight excluding hydrogens is 306 g/mol. The fraction of sp³-hybridized carbons (Fsp3) is 0.722. The molecule has 132 valence electrons. The van der Waals surface area contributed by atoms with Crippen LogP contribution >= 0.6 is 0 Å². The maximum atomic E-state index is 9.14. The van der Waals surface area contributed by atoms with E-state index in [0.29, 0.717) is 12.6 Å². The number of aromatic amines is 1. The molecule has 0 amide bonds. The minimum atomic E-state index is -0.0846. The van der Waals surface area contributed by atoms with Crippen LogP contribution < -0.4 is 0 Å². The molecule has 1 aliphatic carbocycles. The van der Waals surface area contributed by atoms with Gasteiger partial charge in [0.25, 0.3) is 0 Å². The maximum absolute atomic E-state index is 9.14. The van der Waals surface area contributed by atoms with Gasteiger partial charge >= 0.3 is 0 Å². The third-order valence-electron chi connectivity index (χ3n) is 5.66. The number of nitrogens with one attached hydrogen (secondary N) is 1. The summed E-state index contributed by atoms with van der Waals surface area (Å²) < 4.78 is 11.8. The number of hydrogen-bond acceptors (Lipinski definition) is 5. The van der Waals surface area contributed by atoms with E-state index in [1.54, 1.807) is 0 Å². The fourth-order valence-corrected chi connectivity index (χ4v) is 4.36. The number of rotatable bonds is 6. The van der Waals surface area contributed by atoms with E-state index in [-0.39, 0.29) is 18.3 Å². The zero-order valence-corrected chi connectivity index (χ0v) is 14.5. The SMILES string of the molecule is CO[C@@]12CC[C@H](OCCO)C[C@@H]1N(Cc1cc(C#N)c(C)[nH]1)CC2. The van der Waals surface area contributed by atoms with Crippen LogP contribution in [-0.2, 0) is 16.0 Å². The number of likely N-dealkylation sites (tertiary alicyclic amines) is 1. The molecule has 1 aliphatic heterocycles. The number of methoxy groups -OCH3 is 1. The highest BCUT2D eigenvalue weighted by atomic mass is 16.5. The first-order valence-corrected chi connectivity index (χ1v) is 8.72. The van der Waals surface area contributed by atoms with E-state index in [2.05, 4.69) is 16.0 Å². The summed E-state index contributed by atoms with van der Waals surface area (Å²) in [7, 11) is 1.82. The van der Waals surface area contributed by atoms with Gasteiger partial charge in [0.1, 0.15) is 6.07 Å². The van der Waals surface area contributed by atoms with Crippen molar-refractivity contribution >= 4 is 0 Å². The Balaban J connectivity index is 1.72. The molecule has 6 heteroatoms. The van der Waals surface area contributed by atoms with Gasteiger partial charge in [-0.1, -0.05) is 0 Å². The van der Waals surface area contributed by atoms with Crippen LogP contribution in [0.25, 0.3) is 0 Å². The van der Waals surface area contributed by atoms with E-state index >= 15 is 0 Å². The second-order valence-corrected chi connectivity index (χ2v) is 6.94. The van der Waals surface area contributed by atoms with Crippen LogP contribution in [0.4, 0.5) is 0 Å². The molecule has 1 saturated heterocycles. The van der Waals surface area contributed by atoms with Crippen LogP contribution in [0.1, 0.15) is 42.6 Å². The van der Waals surface area contributed by atoms with Crippen molar-refractivity contribution in [2.45, 2.75) is 56.9 Å². The standard InChI is InChI=1S/C18H27N3O3/c1-13-14(11-19)9-15(20-13)12-21-6-5-18(23-2)4-3-16(10-17(18)21)24-8-7-22/h9,16-17,20,22H,3-8,10,12H2,1-2H3/t16-,17-,18+/m0/s1. The molecule has 6 nitrogen and oxygen atoms in total. The number of H-pyrrole nitrogens is 1. The van der Waals surface area contributed by atoms with Crippen molar-refractivity contribution < 1.29 is 14.6 Å². The molecular formula is C18H27N3O3. The first-order chi connectivity index (χ1) is 11.6. The van der Waals surface area contributed by atoms with Gasteiger partial charge in [0.05, 0.1) is 30.5 Å². The zero-order chi connectivity index (χ0) is 17.2. The van der Waals surface area contributed by atoms with Gasteiger partial charge in [0.15, 0.2) is 0 Å². The molecule has 0 bridgehead atoms. The lowest BCUT2D eigenvalue weighted by Crippen LogP contribution is -2.51. The summed E-state index contributed by atoms with van der Waals surface area (Å²) in [5.74, 6) is 0. The summed E-state index contributed by atoms with van der Waals surface area (Å²) in [6.07, 6.45) is 4.13. The van der Waals surface area contributed by atoms with E-state index in [4.69, 9.17) is 19.8 Å². The van der Waals surface area contributed by atoms with E-state index in [1.807, 2.05) is 20.1 Å². The molecule has 0 radical (unpaired) electrons. The number of nitrogens with zero attached hydrogens (tertiary/aromatic N) is 2. The first-order valence-electron chi connectivity index (χ1n) is 8.72. The molecule has 2 heterocycles. The lowest BCUT2D eigenvalue weighted by molar-refractivity contribution is -0.104. The third kappa shape index (κ3) is 3.22. The fourth-order valence-electron chi connectivity index (χ4n) is 4.36. The molecule has 1 saturated carbocycles.